The molecule has 1 unspecified atom stereocenters. The van der Waals surface area contributed by atoms with Crippen LogP contribution in [0.5, 0.6) is 0 Å². The van der Waals surface area contributed by atoms with Crippen LogP contribution in [-0.2, 0) is 9.59 Å². The van der Waals surface area contributed by atoms with E-state index in [-0.39, 0.29) is 5.91 Å². The van der Waals surface area contributed by atoms with Gasteiger partial charge in [-0.3, -0.25) is 9.69 Å². The van der Waals surface area contributed by atoms with Gasteiger partial charge in [0, 0.05) is 38.3 Å². The number of nitrogens with zero attached hydrogens (tertiary/aromatic N) is 2. The van der Waals surface area contributed by atoms with Crippen LogP contribution in [0.1, 0.15) is 29.6 Å². The van der Waals surface area contributed by atoms with Gasteiger partial charge >= 0.3 is 11.9 Å². The minimum atomic E-state index is -1.82. The first-order valence-electron chi connectivity index (χ1n) is 10.6. The van der Waals surface area contributed by atoms with E-state index >= 15 is 0 Å². The third-order valence-electron chi connectivity index (χ3n) is 5.76. The first kappa shape index (κ1) is 22.5. The maximum Gasteiger partial charge on any atom is 0.414 e. The number of aliphatic carboxylic acids is 2. The lowest BCUT2D eigenvalue weighted by Gasteiger charge is -2.37. The van der Waals surface area contributed by atoms with Crippen LogP contribution in [0.4, 0.5) is 0 Å². The highest BCUT2D eigenvalue weighted by Gasteiger charge is 2.24. The second-order valence-corrected chi connectivity index (χ2v) is 7.88. The van der Waals surface area contributed by atoms with E-state index in [0.29, 0.717) is 0 Å². The molecule has 1 fully saturated rings. The van der Waals surface area contributed by atoms with Crippen LogP contribution < -0.4 is 0 Å². The summed E-state index contributed by atoms with van der Waals surface area (Å²) < 4.78 is 0. The number of benzene rings is 2. The Morgan fingerprint density at radius 1 is 0.871 bits per heavy atom. The predicted octanol–water partition coefficient (Wildman–Crippen LogP) is 3.11. The number of hydrogen-bond donors (Lipinski definition) is 2. The van der Waals surface area contributed by atoms with E-state index in [9.17, 15) is 4.79 Å². The monoisotopic (exact) mass is 424 g/mol. The number of carboxylic acids is 2. The summed E-state index contributed by atoms with van der Waals surface area (Å²) in [6.07, 6.45) is 8.39. The minimum absolute atomic E-state index is 0.178. The lowest BCUT2D eigenvalue weighted by molar-refractivity contribution is -0.159. The first-order valence-corrected chi connectivity index (χ1v) is 10.6. The standard InChI is InChI=1S/C22H26N2O.C2H2O4/c25-22(21-12-6-10-19-9-4-5-11-20(19)21)24-15-13-23(14-16-24)17-18-7-2-1-3-8-18;3-1(4)2(5)6/h1-2,4-6,9-12,18H,3,7-8,13-17H2;(H,3,4)(H,5,6). The summed E-state index contributed by atoms with van der Waals surface area (Å²) in [7, 11) is 0. The number of allylic oxidation sites excluding steroid dienone is 2. The second-order valence-electron chi connectivity index (χ2n) is 7.88. The van der Waals surface area contributed by atoms with Gasteiger partial charge in [0.2, 0.25) is 0 Å². The average molecular weight is 424 g/mol. The lowest BCUT2D eigenvalue weighted by Crippen LogP contribution is -2.49. The van der Waals surface area contributed by atoms with Crippen molar-refractivity contribution in [2.45, 2.75) is 19.3 Å². The molecule has 1 saturated heterocycles. The minimum Gasteiger partial charge on any atom is -0.473 e. The van der Waals surface area contributed by atoms with Crippen LogP contribution in [0, 0.1) is 5.92 Å². The third kappa shape index (κ3) is 6.15. The summed E-state index contributed by atoms with van der Waals surface area (Å²) in [5, 5.41) is 17.0. The molecule has 2 aromatic rings. The van der Waals surface area contributed by atoms with Crippen LogP contribution in [0.2, 0.25) is 0 Å². The van der Waals surface area contributed by atoms with Crippen LogP contribution in [-0.4, -0.2) is 70.6 Å². The molecule has 31 heavy (non-hydrogen) atoms. The zero-order valence-electron chi connectivity index (χ0n) is 17.4. The molecule has 2 aliphatic rings. The fraction of sp³-hybridized carbons (Fsp3) is 0.375. The molecule has 1 atom stereocenters. The molecule has 4 rings (SSSR count). The van der Waals surface area contributed by atoms with Crippen molar-refractivity contribution in [1.82, 2.24) is 9.80 Å². The summed E-state index contributed by atoms with van der Waals surface area (Å²) in [4.78, 5) is 35.8. The van der Waals surface area contributed by atoms with Crippen molar-refractivity contribution in [2.75, 3.05) is 32.7 Å². The quantitative estimate of drug-likeness (QED) is 0.580. The highest BCUT2D eigenvalue weighted by Crippen LogP contribution is 2.22. The molecule has 7 nitrogen and oxygen atoms in total. The molecule has 1 aliphatic heterocycles. The fourth-order valence-electron chi connectivity index (χ4n) is 4.10. The highest BCUT2D eigenvalue weighted by atomic mass is 16.4. The maximum atomic E-state index is 13.0. The Kier molecular flexibility index (Phi) is 7.78. The van der Waals surface area contributed by atoms with Crippen molar-refractivity contribution < 1.29 is 24.6 Å². The molecule has 2 aromatic carbocycles. The zero-order valence-corrected chi connectivity index (χ0v) is 17.4. The number of hydrogen-bond acceptors (Lipinski definition) is 4. The number of carbonyl (C=O) groups is 3. The molecule has 1 aliphatic carbocycles. The summed E-state index contributed by atoms with van der Waals surface area (Å²) in [5.74, 6) is -2.67. The van der Waals surface area contributed by atoms with Crippen LogP contribution in [0.25, 0.3) is 10.8 Å². The fourth-order valence-corrected chi connectivity index (χ4v) is 4.10. The number of rotatable bonds is 3. The van der Waals surface area contributed by atoms with Gasteiger partial charge in [-0.05, 0) is 42.0 Å². The molecule has 164 valence electrons. The van der Waals surface area contributed by atoms with Crippen molar-refractivity contribution in [3.8, 4) is 0 Å². The van der Waals surface area contributed by atoms with Gasteiger partial charge in [0.25, 0.3) is 5.91 Å². The third-order valence-corrected chi connectivity index (χ3v) is 5.76. The molecule has 0 bridgehead atoms. The largest absolute Gasteiger partial charge is 0.473 e. The number of carboxylic acid groups (broad SMARTS) is 2. The maximum absolute atomic E-state index is 13.0. The molecule has 0 saturated carbocycles. The van der Waals surface area contributed by atoms with Crippen LogP contribution in [0.3, 0.4) is 0 Å². The van der Waals surface area contributed by atoms with Crippen molar-refractivity contribution in [2.24, 2.45) is 5.92 Å². The average Bonchev–Trinajstić information content (AvgIpc) is 2.80. The lowest BCUT2D eigenvalue weighted by atomic mass is 9.94. The summed E-state index contributed by atoms with van der Waals surface area (Å²) in [6, 6.07) is 14.2. The Labute approximate surface area is 181 Å². The normalized spacial score (nSPS) is 18.8. The number of carbonyl (C=O) groups excluding carboxylic acids is 1. The van der Waals surface area contributed by atoms with Crippen LogP contribution in [0.15, 0.2) is 54.6 Å². The van der Waals surface area contributed by atoms with Gasteiger partial charge in [0.1, 0.15) is 0 Å². The highest BCUT2D eigenvalue weighted by molar-refractivity contribution is 6.27. The number of amides is 1. The molecule has 7 heteroatoms. The van der Waals surface area contributed by atoms with E-state index in [1.165, 1.54) is 25.8 Å². The summed E-state index contributed by atoms with van der Waals surface area (Å²) in [6.45, 7) is 4.85. The molecule has 0 spiro atoms. The molecular weight excluding hydrogens is 396 g/mol. The molecule has 0 radical (unpaired) electrons. The topological polar surface area (TPSA) is 98.1 Å². The second kappa shape index (κ2) is 10.7. The van der Waals surface area contributed by atoms with E-state index in [2.05, 4.69) is 35.3 Å². The SMILES string of the molecule is O=C(O)C(=O)O.O=C(c1cccc2ccccc12)N1CCN(CC2CC=CCC2)CC1. The molecular formula is C24H28N2O5. The Morgan fingerprint density at radius 2 is 1.55 bits per heavy atom. The Morgan fingerprint density at radius 3 is 2.19 bits per heavy atom. The van der Waals surface area contributed by atoms with E-state index in [1.807, 2.05) is 29.2 Å². The van der Waals surface area contributed by atoms with Gasteiger partial charge in [0.15, 0.2) is 0 Å². The molecule has 1 amide bonds. The Balaban J connectivity index is 0.000000401. The number of fused-ring (bicyclic) bond motifs is 1. The molecule has 1 heterocycles. The van der Waals surface area contributed by atoms with Gasteiger partial charge in [-0.25, -0.2) is 9.59 Å². The van der Waals surface area contributed by atoms with Crippen molar-refractivity contribution in [1.29, 1.82) is 0 Å². The summed E-state index contributed by atoms with van der Waals surface area (Å²) in [5.41, 5.74) is 0.837. The van der Waals surface area contributed by atoms with Crippen molar-refractivity contribution in [3.63, 3.8) is 0 Å². The van der Waals surface area contributed by atoms with Crippen molar-refractivity contribution in [3.05, 3.63) is 60.2 Å². The van der Waals surface area contributed by atoms with E-state index < -0.39 is 11.9 Å². The van der Waals surface area contributed by atoms with E-state index in [0.717, 1.165) is 48.4 Å². The van der Waals surface area contributed by atoms with Crippen LogP contribution >= 0.6 is 0 Å². The van der Waals surface area contributed by atoms with E-state index in [1.54, 1.807) is 0 Å². The predicted molar refractivity (Wildman–Crippen MR) is 118 cm³/mol. The zero-order chi connectivity index (χ0) is 22.2. The summed E-state index contributed by atoms with van der Waals surface area (Å²) >= 11 is 0. The molecule has 0 aromatic heterocycles. The Bertz CT molecular complexity index is 946. The van der Waals surface area contributed by atoms with Gasteiger partial charge in [0.05, 0.1) is 0 Å². The van der Waals surface area contributed by atoms with Gasteiger partial charge in [-0.15, -0.1) is 0 Å². The first-order chi connectivity index (χ1) is 15.0. The molecule has 2 N–H and O–H groups in total. The van der Waals surface area contributed by atoms with Gasteiger partial charge in [-0.2, -0.15) is 0 Å². The Hall–Kier alpha value is -3.19. The van der Waals surface area contributed by atoms with Gasteiger partial charge < -0.3 is 15.1 Å². The van der Waals surface area contributed by atoms with Crippen molar-refractivity contribution >= 4 is 28.6 Å². The number of piperazine rings is 1. The smallest absolute Gasteiger partial charge is 0.414 e. The van der Waals surface area contributed by atoms with Gasteiger partial charge in [-0.1, -0.05) is 48.6 Å². The van der Waals surface area contributed by atoms with E-state index in [4.69, 9.17) is 19.8 Å².